The van der Waals surface area contributed by atoms with E-state index in [0.29, 0.717) is 43.8 Å². The van der Waals surface area contributed by atoms with Gasteiger partial charge >= 0.3 is 0 Å². The van der Waals surface area contributed by atoms with Gasteiger partial charge < -0.3 is 23.9 Å². The first-order chi connectivity index (χ1) is 20.4. The van der Waals surface area contributed by atoms with Crippen LogP contribution in [0.25, 0.3) is 27.7 Å². The number of para-hydroxylation sites is 1. The average molecular weight is 564 g/mol. The number of carbonyl (C=O) groups excluding carboxylic acids is 3. The average Bonchev–Trinajstić information content (AvgIpc) is 3.47. The predicted molar refractivity (Wildman–Crippen MR) is 161 cm³/mol. The lowest BCUT2D eigenvalue weighted by Gasteiger charge is -2.38. The SMILES string of the molecule is COc1ccccc1-c1cc(C2=CCCN(C(=O)[C@H]3Cc4ccccc4CN3C=O)C2)cc2cc(C(=O)N(C)C)oc12. The highest BCUT2D eigenvalue weighted by atomic mass is 16.5. The lowest BCUT2D eigenvalue weighted by Crippen LogP contribution is -2.52. The number of hydrogen-bond acceptors (Lipinski definition) is 5. The third-order valence-corrected chi connectivity index (χ3v) is 8.17. The Labute approximate surface area is 244 Å². The lowest BCUT2D eigenvalue weighted by atomic mass is 9.92. The molecule has 1 aromatic heterocycles. The molecule has 4 aromatic rings. The molecule has 8 nitrogen and oxygen atoms in total. The van der Waals surface area contributed by atoms with E-state index in [1.165, 1.54) is 4.90 Å². The van der Waals surface area contributed by atoms with Crippen molar-refractivity contribution in [2.24, 2.45) is 0 Å². The van der Waals surface area contributed by atoms with Crippen LogP contribution >= 0.6 is 0 Å². The Morgan fingerprint density at radius 2 is 1.74 bits per heavy atom. The summed E-state index contributed by atoms with van der Waals surface area (Å²) in [6, 6.07) is 21.0. The van der Waals surface area contributed by atoms with Gasteiger partial charge in [0, 0.05) is 56.7 Å². The zero-order valence-corrected chi connectivity index (χ0v) is 24.0. The van der Waals surface area contributed by atoms with Crippen molar-refractivity contribution < 1.29 is 23.5 Å². The van der Waals surface area contributed by atoms with Gasteiger partial charge in [-0.3, -0.25) is 14.4 Å². The molecule has 0 radical (unpaired) electrons. The molecule has 0 spiro atoms. The number of furan rings is 1. The Hall–Kier alpha value is -4.85. The highest BCUT2D eigenvalue weighted by Crippen LogP contribution is 2.39. The number of amides is 3. The van der Waals surface area contributed by atoms with Crippen LogP contribution in [0.1, 0.15) is 33.7 Å². The van der Waals surface area contributed by atoms with Gasteiger partial charge in [-0.1, -0.05) is 48.5 Å². The number of hydrogen-bond donors (Lipinski definition) is 0. The van der Waals surface area contributed by atoms with Gasteiger partial charge in [0.25, 0.3) is 5.91 Å². The van der Waals surface area contributed by atoms with E-state index in [2.05, 4.69) is 6.08 Å². The van der Waals surface area contributed by atoms with Crippen LogP contribution in [-0.4, -0.2) is 73.3 Å². The maximum Gasteiger partial charge on any atom is 0.289 e. The van der Waals surface area contributed by atoms with Crippen molar-refractivity contribution in [1.29, 1.82) is 0 Å². The number of fused-ring (bicyclic) bond motifs is 2. The fraction of sp³-hybridized carbons (Fsp3) is 0.265. The van der Waals surface area contributed by atoms with E-state index in [1.54, 1.807) is 32.2 Å². The Morgan fingerprint density at radius 1 is 0.976 bits per heavy atom. The summed E-state index contributed by atoms with van der Waals surface area (Å²) < 4.78 is 11.8. The predicted octanol–water partition coefficient (Wildman–Crippen LogP) is 5.01. The number of benzene rings is 3. The second-order valence-electron chi connectivity index (χ2n) is 11.0. The minimum Gasteiger partial charge on any atom is -0.496 e. The Morgan fingerprint density at radius 3 is 2.50 bits per heavy atom. The van der Waals surface area contributed by atoms with Gasteiger partial charge in [-0.2, -0.15) is 0 Å². The van der Waals surface area contributed by atoms with E-state index in [9.17, 15) is 14.4 Å². The fourth-order valence-electron chi connectivity index (χ4n) is 5.97. The molecular formula is C34H33N3O5. The molecule has 8 heteroatoms. The summed E-state index contributed by atoms with van der Waals surface area (Å²) >= 11 is 0. The molecule has 0 bridgehead atoms. The molecule has 3 heterocycles. The summed E-state index contributed by atoms with van der Waals surface area (Å²) in [5, 5.41) is 0.791. The quantitative estimate of drug-likeness (QED) is 0.308. The highest BCUT2D eigenvalue weighted by molar-refractivity contribution is 6.02. The molecule has 0 unspecified atom stereocenters. The number of nitrogens with zero attached hydrogens (tertiary/aromatic N) is 3. The smallest absolute Gasteiger partial charge is 0.289 e. The normalized spacial score (nSPS) is 16.5. The van der Waals surface area contributed by atoms with Gasteiger partial charge in [0.2, 0.25) is 12.3 Å². The van der Waals surface area contributed by atoms with Crippen LogP contribution in [0.5, 0.6) is 5.75 Å². The Balaban J connectivity index is 1.36. The summed E-state index contributed by atoms with van der Waals surface area (Å²) in [6.45, 7) is 1.43. The van der Waals surface area contributed by atoms with Crippen LogP contribution in [-0.2, 0) is 22.6 Å². The molecule has 1 atom stereocenters. The molecule has 6 rings (SSSR count). The van der Waals surface area contributed by atoms with Crippen LogP contribution in [0, 0.1) is 0 Å². The molecular weight excluding hydrogens is 530 g/mol. The molecule has 0 saturated carbocycles. The molecule has 0 N–H and O–H groups in total. The van der Waals surface area contributed by atoms with Crippen molar-refractivity contribution in [3.05, 3.63) is 95.3 Å². The summed E-state index contributed by atoms with van der Waals surface area (Å²) in [6.07, 6.45) is 4.16. The fourth-order valence-corrected chi connectivity index (χ4v) is 5.97. The maximum atomic E-state index is 13.9. The van der Waals surface area contributed by atoms with E-state index >= 15 is 0 Å². The molecule has 42 heavy (non-hydrogen) atoms. The first-order valence-electron chi connectivity index (χ1n) is 14.1. The monoisotopic (exact) mass is 563 g/mol. The Bertz CT molecular complexity index is 1720. The summed E-state index contributed by atoms with van der Waals surface area (Å²) in [7, 11) is 5.01. The highest BCUT2D eigenvalue weighted by Gasteiger charge is 2.34. The minimum absolute atomic E-state index is 0.0459. The van der Waals surface area contributed by atoms with Crippen molar-refractivity contribution in [2.75, 3.05) is 34.3 Å². The van der Waals surface area contributed by atoms with Crippen LogP contribution in [0.3, 0.4) is 0 Å². The molecule has 0 saturated heterocycles. The van der Waals surface area contributed by atoms with Crippen molar-refractivity contribution >= 4 is 34.8 Å². The van der Waals surface area contributed by atoms with Crippen molar-refractivity contribution in [3.8, 4) is 16.9 Å². The topological polar surface area (TPSA) is 83.3 Å². The van der Waals surface area contributed by atoms with Crippen LogP contribution < -0.4 is 4.74 Å². The largest absolute Gasteiger partial charge is 0.496 e. The number of methoxy groups -OCH3 is 1. The van der Waals surface area contributed by atoms with Gasteiger partial charge in [-0.15, -0.1) is 0 Å². The van der Waals surface area contributed by atoms with Gasteiger partial charge in [0.15, 0.2) is 5.76 Å². The van der Waals surface area contributed by atoms with Gasteiger partial charge in [-0.05, 0) is 52.9 Å². The second-order valence-corrected chi connectivity index (χ2v) is 11.0. The number of carbonyl (C=O) groups is 3. The molecule has 3 amide bonds. The summed E-state index contributed by atoms with van der Waals surface area (Å²) in [5.74, 6) is 0.676. The summed E-state index contributed by atoms with van der Waals surface area (Å²) in [4.78, 5) is 43.6. The van der Waals surface area contributed by atoms with Crippen LogP contribution in [0.4, 0.5) is 0 Å². The van der Waals surface area contributed by atoms with E-state index in [4.69, 9.17) is 9.15 Å². The number of rotatable bonds is 6. The molecule has 2 aliphatic rings. The van der Waals surface area contributed by atoms with E-state index in [-0.39, 0.29) is 17.6 Å². The van der Waals surface area contributed by atoms with E-state index < -0.39 is 6.04 Å². The third-order valence-electron chi connectivity index (χ3n) is 8.17. The zero-order chi connectivity index (χ0) is 29.4. The molecule has 214 valence electrons. The van der Waals surface area contributed by atoms with Gasteiger partial charge in [-0.25, -0.2) is 0 Å². The van der Waals surface area contributed by atoms with Crippen molar-refractivity contribution in [1.82, 2.24) is 14.7 Å². The maximum absolute atomic E-state index is 13.9. The van der Waals surface area contributed by atoms with Gasteiger partial charge in [0.05, 0.1) is 7.11 Å². The first kappa shape index (κ1) is 27.3. The van der Waals surface area contributed by atoms with Gasteiger partial charge in [0.1, 0.15) is 17.4 Å². The van der Waals surface area contributed by atoms with E-state index in [1.807, 2.05) is 65.6 Å². The van der Waals surface area contributed by atoms with E-state index in [0.717, 1.165) is 45.2 Å². The standard InChI is InChI=1S/C34H33N3O5/c1-35(2)34(40)31-18-26-15-25(16-28(32(26)42-31)27-12-6-7-13-30(27)41-3)24-11-8-14-36(19-24)33(39)29-17-22-9-4-5-10-23(22)20-37(29)21-38/h4-7,9-13,15-16,18,21,29H,8,14,17,19-20H2,1-3H3/t29-/m1/s1. The number of ether oxygens (including phenoxy) is 1. The second kappa shape index (κ2) is 11.2. The summed E-state index contributed by atoms with van der Waals surface area (Å²) in [5.41, 5.74) is 6.37. The molecule has 2 aliphatic heterocycles. The molecule has 3 aromatic carbocycles. The third kappa shape index (κ3) is 4.93. The van der Waals surface area contributed by atoms with Crippen molar-refractivity contribution in [2.45, 2.75) is 25.4 Å². The molecule has 0 aliphatic carbocycles. The minimum atomic E-state index is -0.531. The Kier molecular flexibility index (Phi) is 7.29. The van der Waals surface area contributed by atoms with Crippen LogP contribution in [0.15, 0.2) is 77.2 Å². The van der Waals surface area contributed by atoms with Crippen molar-refractivity contribution in [3.63, 3.8) is 0 Å². The lowest BCUT2D eigenvalue weighted by molar-refractivity contribution is -0.141. The zero-order valence-electron chi connectivity index (χ0n) is 24.0. The molecule has 0 fully saturated rings. The first-order valence-corrected chi connectivity index (χ1v) is 14.1. The van der Waals surface area contributed by atoms with Crippen LogP contribution in [0.2, 0.25) is 0 Å².